The Bertz CT molecular complexity index is 371. The molecule has 1 amide bonds. The molecular weight excluding hydrogens is 206 g/mol. The van der Waals surface area contributed by atoms with Gasteiger partial charge in [0, 0.05) is 6.07 Å². The summed E-state index contributed by atoms with van der Waals surface area (Å²) in [4.78, 5) is 22.5. The van der Waals surface area contributed by atoms with Crippen LogP contribution in [0.4, 0.5) is 0 Å². The Hall–Kier alpha value is -1.56. The number of methoxy groups -OCH3 is 2. The van der Waals surface area contributed by atoms with Crippen molar-refractivity contribution in [1.29, 1.82) is 0 Å². The van der Waals surface area contributed by atoms with Crippen molar-refractivity contribution in [3.8, 4) is 5.75 Å². The summed E-state index contributed by atoms with van der Waals surface area (Å²) in [6, 6.07) is 1.42. The Morgan fingerprint density at radius 3 is 2.50 bits per heavy atom. The lowest BCUT2D eigenvalue weighted by atomic mass is 10.4. The first-order valence-electron chi connectivity index (χ1n) is 3.66. The molecule has 0 aliphatic rings. The number of thiophene rings is 1. The number of rotatable bonds is 3. The number of primary amides is 1. The van der Waals surface area contributed by atoms with Gasteiger partial charge in [-0.15, -0.1) is 11.3 Å². The van der Waals surface area contributed by atoms with Gasteiger partial charge in [-0.05, 0) is 0 Å². The first-order valence-corrected chi connectivity index (χ1v) is 4.47. The van der Waals surface area contributed by atoms with Gasteiger partial charge in [-0.1, -0.05) is 0 Å². The molecule has 5 nitrogen and oxygen atoms in total. The monoisotopic (exact) mass is 215 g/mol. The summed E-state index contributed by atoms with van der Waals surface area (Å²) < 4.78 is 9.41. The minimum Gasteiger partial charge on any atom is -0.495 e. The van der Waals surface area contributed by atoms with Crippen molar-refractivity contribution in [2.24, 2.45) is 5.73 Å². The van der Waals surface area contributed by atoms with Crippen molar-refractivity contribution in [1.82, 2.24) is 0 Å². The molecule has 1 rings (SSSR count). The average molecular weight is 215 g/mol. The zero-order valence-electron chi connectivity index (χ0n) is 7.70. The number of ether oxygens (including phenoxy) is 2. The Kier molecular flexibility index (Phi) is 3.08. The lowest BCUT2D eigenvalue weighted by Gasteiger charge is -1.98. The molecule has 76 valence electrons. The van der Waals surface area contributed by atoms with Gasteiger partial charge in [-0.25, -0.2) is 4.79 Å². The summed E-state index contributed by atoms with van der Waals surface area (Å²) in [6.45, 7) is 0. The maximum atomic E-state index is 11.2. The fourth-order valence-electron chi connectivity index (χ4n) is 0.882. The van der Waals surface area contributed by atoms with Crippen LogP contribution < -0.4 is 10.5 Å². The predicted octanol–water partition coefficient (Wildman–Crippen LogP) is 0.642. The molecule has 0 aromatic carbocycles. The second-order valence-corrected chi connectivity index (χ2v) is 3.42. The number of amides is 1. The maximum Gasteiger partial charge on any atom is 0.351 e. The van der Waals surface area contributed by atoms with Crippen molar-refractivity contribution < 1.29 is 19.1 Å². The van der Waals surface area contributed by atoms with Crippen LogP contribution in [0.1, 0.15) is 19.3 Å². The molecule has 1 aromatic rings. The molecule has 0 saturated heterocycles. The minimum absolute atomic E-state index is 0.240. The van der Waals surface area contributed by atoms with Crippen LogP contribution in [0.3, 0.4) is 0 Å². The highest BCUT2D eigenvalue weighted by atomic mass is 32.1. The summed E-state index contributed by atoms with van der Waals surface area (Å²) >= 11 is 0.951. The first-order chi connectivity index (χ1) is 6.60. The third-order valence-corrected chi connectivity index (χ3v) is 2.64. The van der Waals surface area contributed by atoms with E-state index >= 15 is 0 Å². The maximum absolute atomic E-state index is 11.2. The van der Waals surface area contributed by atoms with E-state index in [2.05, 4.69) is 4.74 Å². The fourth-order valence-corrected chi connectivity index (χ4v) is 1.78. The van der Waals surface area contributed by atoms with Gasteiger partial charge < -0.3 is 15.2 Å². The van der Waals surface area contributed by atoms with E-state index in [9.17, 15) is 9.59 Å². The summed E-state index contributed by atoms with van der Waals surface area (Å²) in [5.41, 5.74) is 5.06. The van der Waals surface area contributed by atoms with Crippen molar-refractivity contribution in [2.45, 2.75) is 0 Å². The topological polar surface area (TPSA) is 78.6 Å². The fraction of sp³-hybridized carbons (Fsp3) is 0.250. The lowest BCUT2D eigenvalue weighted by Crippen LogP contribution is -2.08. The zero-order valence-corrected chi connectivity index (χ0v) is 8.51. The van der Waals surface area contributed by atoms with Crippen molar-refractivity contribution >= 4 is 23.2 Å². The molecule has 6 heteroatoms. The van der Waals surface area contributed by atoms with Crippen molar-refractivity contribution in [3.05, 3.63) is 15.8 Å². The molecule has 0 spiro atoms. The van der Waals surface area contributed by atoms with E-state index in [-0.39, 0.29) is 9.75 Å². The number of hydrogen-bond acceptors (Lipinski definition) is 5. The van der Waals surface area contributed by atoms with Crippen LogP contribution >= 0.6 is 11.3 Å². The predicted molar refractivity (Wildman–Crippen MR) is 50.7 cm³/mol. The third kappa shape index (κ3) is 1.85. The van der Waals surface area contributed by atoms with Crippen LogP contribution in [0.15, 0.2) is 6.07 Å². The third-order valence-electron chi connectivity index (χ3n) is 1.53. The van der Waals surface area contributed by atoms with Crippen molar-refractivity contribution in [2.75, 3.05) is 14.2 Å². The molecule has 0 radical (unpaired) electrons. The highest BCUT2D eigenvalue weighted by Crippen LogP contribution is 2.29. The minimum atomic E-state index is -0.594. The smallest absolute Gasteiger partial charge is 0.351 e. The number of esters is 1. The van der Waals surface area contributed by atoms with E-state index in [1.54, 1.807) is 0 Å². The Balaban J connectivity index is 3.15. The number of nitrogens with two attached hydrogens (primary N) is 1. The van der Waals surface area contributed by atoms with Gasteiger partial charge in [0.05, 0.1) is 19.1 Å². The molecule has 0 bridgehead atoms. The molecule has 14 heavy (non-hydrogen) atoms. The summed E-state index contributed by atoms with van der Waals surface area (Å²) in [6.07, 6.45) is 0. The summed E-state index contributed by atoms with van der Waals surface area (Å²) in [5, 5.41) is 0. The van der Waals surface area contributed by atoms with E-state index in [0.29, 0.717) is 5.75 Å². The molecule has 1 aromatic heterocycles. The molecule has 2 N–H and O–H groups in total. The highest BCUT2D eigenvalue weighted by Gasteiger charge is 2.19. The van der Waals surface area contributed by atoms with Crippen LogP contribution in [0.2, 0.25) is 0 Å². The molecule has 0 fully saturated rings. The van der Waals surface area contributed by atoms with Gasteiger partial charge in [0.15, 0.2) is 4.88 Å². The first kappa shape index (κ1) is 10.5. The van der Waals surface area contributed by atoms with Crippen LogP contribution in [0.5, 0.6) is 5.75 Å². The molecule has 0 saturated carbocycles. The van der Waals surface area contributed by atoms with Crippen LogP contribution in [0, 0.1) is 0 Å². The average Bonchev–Trinajstić information content (AvgIpc) is 2.60. The van der Waals surface area contributed by atoms with Gasteiger partial charge in [-0.3, -0.25) is 4.79 Å². The molecule has 0 aliphatic carbocycles. The van der Waals surface area contributed by atoms with E-state index in [4.69, 9.17) is 10.5 Å². The largest absolute Gasteiger partial charge is 0.495 e. The Morgan fingerprint density at radius 1 is 1.43 bits per heavy atom. The number of carbonyl (C=O) groups is 2. The van der Waals surface area contributed by atoms with Gasteiger partial charge in [-0.2, -0.15) is 0 Å². The van der Waals surface area contributed by atoms with E-state index in [1.807, 2.05) is 0 Å². The van der Waals surface area contributed by atoms with Gasteiger partial charge in [0.1, 0.15) is 5.75 Å². The lowest BCUT2D eigenvalue weighted by molar-refractivity contribution is 0.0603. The van der Waals surface area contributed by atoms with E-state index < -0.39 is 11.9 Å². The van der Waals surface area contributed by atoms with Gasteiger partial charge in [0.25, 0.3) is 5.91 Å². The normalized spacial score (nSPS) is 9.57. The highest BCUT2D eigenvalue weighted by molar-refractivity contribution is 7.16. The molecule has 0 aliphatic heterocycles. The Morgan fingerprint density at radius 2 is 2.07 bits per heavy atom. The number of carbonyl (C=O) groups excluding carboxylic acids is 2. The second-order valence-electron chi connectivity index (χ2n) is 2.36. The molecule has 1 heterocycles. The quantitative estimate of drug-likeness (QED) is 0.750. The molecule has 0 unspecified atom stereocenters. The van der Waals surface area contributed by atoms with E-state index in [0.717, 1.165) is 11.3 Å². The van der Waals surface area contributed by atoms with Crippen LogP contribution in [-0.2, 0) is 4.74 Å². The Labute approximate surface area is 84.4 Å². The SMILES string of the molecule is COC(=O)c1sc(C(N)=O)cc1OC. The zero-order chi connectivity index (χ0) is 10.7. The van der Waals surface area contributed by atoms with Gasteiger partial charge >= 0.3 is 5.97 Å². The number of hydrogen-bond donors (Lipinski definition) is 1. The standard InChI is InChI=1S/C8H9NO4S/c1-12-4-3-5(7(9)10)14-6(4)8(11)13-2/h3H,1-2H3,(H2,9,10). The molecular formula is C8H9NO4S. The summed E-state index contributed by atoms with van der Waals surface area (Å²) in [7, 11) is 2.66. The van der Waals surface area contributed by atoms with Crippen LogP contribution in [-0.4, -0.2) is 26.1 Å². The van der Waals surface area contributed by atoms with E-state index in [1.165, 1.54) is 20.3 Å². The second kappa shape index (κ2) is 4.10. The van der Waals surface area contributed by atoms with Gasteiger partial charge in [0.2, 0.25) is 0 Å². The summed E-state index contributed by atoms with van der Waals surface area (Å²) in [5.74, 6) is -0.835. The van der Waals surface area contributed by atoms with Crippen molar-refractivity contribution in [3.63, 3.8) is 0 Å². The van der Waals surface area contributed by atoms with Crippen LogP contribution in [0.25, 0.3) is 0 Å². The molecule has 0 atom stereocenters.